The lowest BCUT2D eigenvalue weighted by Crippen LogP contribution is -1.93. The molecule has 0 saturated heterocycles. The Labute approximate surface area is 383 Å². The molecule has 0 radical (unpaired) electrons. The average Bonchev–Trinajstić information content (AvgIpc) is 3.89. The van der Waals surface area contributed by atoms with Crippen molar-refractivity contribution in [3.63, 3.8) is 0 Å². The lowest BCUT2D eigenvalue weighted by atomic mass is 9.84. The highest BCUT2D eigenvalue weighted by Crippen LogP contribution is 2.60. The topological polar surface area (TPSA) is 0 Å². The first-order chi connectivity index (χ1) is 32.6. The molecule has 0 heterocycles. The van der Waals surface area contributed by atoms with E-state index in [0.717, 1.165) is 0 Å². The minimum atomic E-state index is 1.24. The van der Waals surface area contributed by atoms with Crippen LogP contribution in [-0.4, -0.2) is 0 Å². The molecule has 0 bridgehead atoms. The maximum atomic E-state index is 2.50. The second-order valence-corrected chi connectivity index (χ2v) is 18.7. The predicted octanol–water partition coefficient (Wildman–Crippen LogP) is 18.6. The monoisotopic (exact) mass is 832 g/mol. The molecule has 0 aliphatic heterocycles. The molecule has 0 saturated carbocycles. The van der Waals surface area contributed by atoms with Crippen LogP contribution in [0.25, 0.3) is 154 Å². The van der Waals surface area contributed by atoms with E-state index in [1.807, 2.05) is 0 Å². The van der Waals surface area contributed by atoms with Crippen LogP contribution in [0.2, 0.25) is 0 Å². The Morgan fingerprint density at radius 3 is 0.848 bits per heavy atom. The smallest absolute Gasteiger partial charge is 0.00114 e. The molecule has 0 aromatic heterocycles. The van der Waals surface area contributed by atoms with E-state index in [1.54, 1.807) is 0 Å². The third-order valence-electron chi connectivity index (χ3n) is 15.3. The average molecular weight is 833 g/mol. The molecule has 0 unspecified atom stereocenters. The van der Waals surface area contributed by atoms with Gasteiger partial charge in [0.25, 0.3) is 0 Å². The van der Waals surface area contributed by atoms with Gasteiger partial charge < -0.3 is 0 Å². The van der Waals surface area contributed by atoms with Crippen molar-refractivity contribution < 1.29 is 0 Å². The summed E-state index contributed by atoms with van der Waals surface area (Å²) < 4.78 is 0. The van der Waals surface area contributed by atoms with Crippen molar-refractivity contribution in [2.45, 2.75) is 13.8 Å². The minimum absolute atomic E-state index is 1.24. The maximum absolute atomic E-state index is 2.50. The Morgan fingerprint density at radius 2 is 0.500 bits per heavy atom. The van der Waals surface area contributed by atoms with Crippen LogP contribution in [0.1, 0.15) is 11.1 Å². The molecule has 0 heteroatoms. The van der Waals surface area contributed by atoms with Gasteiger partial charge in [0, 0.05) is 0 Å². The van der Waals surface area contributed by atoms with Crippen LogP contribution in [0.5, 0.6) is 0 Å². The molecule has 0 nitrogen and oxygen atoms in total. The van der Waals surface area contributed by atoms with Gasteiger partial charge in [-0.05, 0) is 191 Å². The lowest BCUT2D eigenvalue weighted by Gasteiger charge is -2.19. The summed E-state index contributed by atoms with van der Waals surface area (Å²) in [5.74, 6) is 0. The van der Waals surface area contributed by atoms with Gasteiger partial charge >= 0.3 is 0 Å². The van der Waals surface area contributed by atoms with Gasteiger partial charge in [-0.25, -0.2) is 0 Å². The Bertz CT molecular complexity index is 3940. The van der Waals surface area contributed by atoms with Crippen LogP contribution in [0.15, 0.2) is 206 Å². The van der Waals surface area contributed by atoms with Crippen molar-refractivity contribution in [2.24, 2.45) is 0 Å². The van der Waals surface area contributed by atoms with Gasteiger partial charge in [-0.3, -0.25) is 0 Å². The molecule has 0 amide bonds. The molecule has 0 fully saturated rings. The highest BCUT2D eigenvalue weighted by Gasteiger charge is 2.33. The van der Waals surface area contributed by atoms with E-state index in [-0.39, 0.29) is 0 Å². The fraction of sp³-hybridized carbons (Fsp3) is 0.0303. The van der Waals surface area contributed by atoms with Gasteiger partial charge in [0.1, 0.15) is 0 Å². The Morgan fingerprint density at radius 1 is 0.197 bits per heavy atom. The number of benzene rings is 13. The van der Waals surface area contributed by atoms with E-state index in [1.165, 1.54) is 165 Å². The van der Waals surface area contributed by atoms with Crippen molar-refractivity contribution in [2.75, 3.05) is 0 Å². The van der Waals surface area contributed by atoms with Crippen LogP contribution < -0.4 is 0 Å². The van der Waals surface area contributed by atoms with Crippen LogP contribution in [-0.2, 0) is 0 Å². The van der Waals surface area contributed by atoms with Gasteiger partial charge in [0.15, 0.2) is 0 Å². The van der Waals surface area contributed by atoms with Gasteiger partial charge in [-0.15, -0.1) is 0 Å². The van der Waals surface area contributed by atoms with Crippen molar-refractivity contribution in [1.82, 2.24) is 0 Å². The van der Waals surface area contributed by atoms with E-state index in [0.29, 0.717) is 0 Å². The van der Waals surface area contributed by atoms with E-state index < -0.39 is 0 Å². The molecule has 0 spiro atoms. The SMILES string of the molecule is Cc1ccc(-c2ccccc2)c2c3c(cc(-c4ccccc4)c12)-c1ccc2c4ccc5c6c(ccc(c7ccc-3c1c27)c64)-c1c-5cc(-c2ccccc2)c2c(C)ccc(-c3ccccc3)c12. The molecule has 2 aliphatic rings. The summed E-state index contributed by atoms with van der Waals surface area (Å²) in [7, 11) is 0. The second kappa shape index (κ2) is 13.1. The molecule has 13 aromatic carbocycles. The summed E-state index contributed by atoms with van der Waals surface area (Å²) in [6.45, 7) is 4.57. The normalized spacial score (nSPS) is 12.4. The Kier molecular flexibility index (Phi) is 7.18. The molecule has 0 N–H and O–H groups in total. The van der Waals surface area contributed by atoms with Crippen molar-refractivity contribution in [3.05, 3.63) is 217 Å². The zero-order chi connectivity index (χ0) is 43.4. The maximum Gasteiger partial charge on any atom is -0.00114 e. The number of aryl methyl sites for hydroxylation is 2. The number of hydrogen-bond acceptors (Lipinski definition) is 0. The van der Waals surface area contributed by atoms with Gasteiger partial charge in [-0.1, -0.05) is 194 Å². The number of hydrogen-bond donors (Lipinski definition) is 0. The minimum Gasteiger partial charge on any atom is -0.0622 e. The molecule has 0 atom stereocenters. The molecule has 2 aliphatic carbocycles. The zero-order valence-corrected chi connectivity index (χ0v) is 36.6. The third-order valence-corrected chi connectivity index (χ3v) is 15.3. The van der Waals surface area contributed by atoms with E-state index in [2.05, 4.69) is 220 Å². The van der Waals surface area contributed by atoms with Gasteiger partial charge in [-0.2, -0.15) is 0 Å². The van der Waals surface area contributed by atoms with E-state index in [9.17, 15) is 0 Å². The van der Waals surface area contributed by atoms with Gasteiger partial charge in [0.05, 0.1) is 0 Å². The quantitative estimate of drug-likeness (QED) is 0.122. The zero-order valence-electron chi connectivity index (χ0n) is 36.6. The first kappa shape index (κ1) is 36.1. The highest BCUT2D eigenvalue weighted by molar-refractivity contribution is 6.42. The van der Waals surface area contributed by atoms with E-state index >= 15 is 0 Å². The predicted molar refractivity (Wildman–Crippen MR) is 283 cm³/mol. The van der Waals surface area contributed by atoms with Gasteiger partial charge in [0.2, 0.25) is 0 Å². The molecule has 66 heavy (non-hydrogen) atoms. The summed E-state index contributed by atoms with van der Waals surface area (Å²) in [5, 5.41) is 16.1. The summed E-state index contributed by atoms with van der Waals surface area (Å²) in [6.07, 6.45) is 0. The first-order valence-electron chi connectivity index (χ1n) is 23.3. The second-order valence-electron chi connectivity index (χ2n) is 18.7. The fourth-order valence-corrected chi connectivity index (χ4v) is 12.6. The summed E-state index contributed by atoms with van der Waals surface area (Å²) in [4.78, 5) is 0. The number of rotatable bonds is 4. The summed E-state index contributed by atoms with van der Waals surface area (Å²) >= 11 is 0. The van der Waals surface area contributed by atoms with Crippen molar-refractivity contribution in [1.29, 1.82) is 0 Å². The van der Waals surface area contributed by atoms with Crippen LogP contribution in [0.4, 0.5) is 0 Å². The van der Waals surface area contributed by atoms with Crippen LogP contribution >= 0.6 is 0 Å². The summed E-state index contributed by atoms with van der Waals surface area (Å²) in [6, 6.07) is 77.9. The Hall–Kier alpha value is -8.32. The highest BCUT2D eigenvalue weighted by atomic mass is 14.4. The van der Waals surface area contributed by atoms with Crippen molar-refractivity contribution >= 4 is 64.6 Å². The first-order valence-corrected chi connectivity index (χ1v) is 23.3. The van der Waals surface area contributed by atoms with Crippen molar-refractivity contribution in [3.8, 4) is 89.0 Å². The summed E-state index contributed by atoms with van der Waals surface area (Å²) in [5.41, 5.74) is 23.4. The standard InChI is InChI=1S/C66H40/c1-37-23-25-43(39-15-7-3-8-16-39)65-57(37)53(41-19-11-5-12-20-41)35-55-49-29-27-45-46-28-30-50-56-36-54(42-21-13-6-14-22-42)58-38(2)24-26-44(40-17-9-4-10-18-40)66(58)64(56)52-34-32-48(60(46)62(50)52)47-31-33-51(63(55)65)61(49)59(45)47/h3-36H,1-2H3. The molecule has 15 rings (SSSR count). The number of fused-ring (bicyclic) bond motifs is 12. The fourth-order valence-electron chi connectivity index (χ4n) is 12.6. The van der Waals surface area contributed by atoms with Crippen LogP contribution in [0, 0.1) is 13.8 Å². The molecular weight excluding hydrogens is 793 g/mol. The third kappa shape index (κ3) is 4.63. The van der Waals surface area contributed by atoms with Crippen LogP contribution in [0.3, 0.4) is 0 Å². The Balaban J connectivity index is 1.05. The molecule has 13 aromatic rings. The lowest BCUT2D eigenvalue weighted by molar-refractivity contribution is 1.52. The molecule has 304 valence electrons. The van der Waals surface area contributed by atoms with E-state index in [4.69, 9.17) is 0 Å². The largest absolute Gasteiger partial charge is 0.0622 e. The molecular formula is C66H40.